The summed E-state index contributed by atoms with van der Waals surface area (Å²) in [4.78, 5) is 15.5. The Bertz CT molecular complexity index is 509. The van der Waals surface area contributed by atoms with Crippen LogP contribution in [0.4, 0.5) is 10.5 Å². The molecule has 2 N–H and O–H groups in total. The average Bonchev–Trinajstić information content (AvgIpc) is 2.90. The van der Waals surface area contributed by atoms with Crippen molar-refractivity contribution in [2.75, 3.05) is 5.32 Å². The van der Waals surface area contributed by atoms with E-state index in [1.807, 2.05) is 31.2 Å². The van der Waals surface area contributed by atoms with Crippen molar-refractivity contribution in [2.24, 2.45) is 0 Å². The van der Waals surface area contributed by atoms with Crippen molar-refractivity contribution in [2.45, 2.75) is 19.9 Å². The number of nitrogens with zero attached hydrogens (tertiary/aromatic N) is 1. The SMILES string of the molecule is CCc1ccccc1NC(=O)NCc1cnco1. The van der Waals surface area contributed by atoms with E-state index in [4.69, 9.17) is 4.42 Å². The molecular weight excluding hydrogens is 230 g/mol. The number of amides is 2. The van der Waals surface area contributed by atoms with E-state index >= 15 is 0 Å². The zero-order valence-corrected chi connectivity index (χ0v) is 10.1. The van der Waals surface area contributed by atoms with Gasteiger partial charge in [0.05, 0.1) is 12.7 Å². The summed E-state index contributed by atoms with van der Waals surface area (Å²) in [5.74, 6) is 0.619. The number of oxazole rings is 1. The van der Waals surface area contributed by atoms with Gasteiger partial charge in [0.15, 0.2) is 6.39 Å². The number of para-hydroxylation sites is 1. The predicted molar refractivity (Wildman–Crippen MR) is 68.2 cm³/mol. The van der Waals surface area contributed by atoms with Gasteiger partial charge in [-0.1, -0.05) is 25.1 Å². The van der Waals surface area contributed by atoms with Gasteiger partial charge < -0.3 is 15.1 Å². The summed E-state index contributed by atoms with van der Waals surface area (Å²) in [6, 6.07) is 7.47. The molecule has 0 fully saturated rings. The molecule has 5 nitrogen and oxygen atoms in total. The lowest BCUT2D eigenvalue weighted by atomic mass is 10.1. The van der Waals surface area contributed by atoms with Crippen LogP contribution in [0.15, 0.2) is 41.3 Å². The Morgan fingerprint density at radius 2 is 2.22 bits per heavy atom. The number of rotatable bonds is 4. The van der Waals surface area contributed by atoms with Crippen LogP contribution in [-0.2, 0) is 13.0 Å². The Kier molecular flexibility index (Phi) is 3.96. The van der Waals surface area contributed by atoms with Crippen molar-refractivity contribution < 1.29 is 9.21 Å². The maximum Gasteiger partial charge on any atom is 0.319 e. The van der Waals surface area contributed by atoms with Crippen LogP contribution in [0.1, 0.15) is 18.2 Å². The minimum absolute atomic E-state index is 0.257. The molecular formula is C13H15N3O2. The van der Waals surface area contributed by atoms with Crippen LogP contribution < -0.4 is 10.6 Å². The molecule has 0 atom stereocenters. The molecule has 2 aromatic rings. The second-order valence-corrected chi connectivity index (χ2v) is 3.79. The van der Waals surface area contributed by atoms with E-state index in [0.29, 0.717) is 12.3 Å². The molecule has 0 aliphatic heterocycles. The molecule has 0 aliphatic carbocycles. The van der Waals surface area contributed by atoms with Gasteiger partial charge >= 0.3 is 6.03 Å². The number of carbonyl (C=O) groups is 1. The van der Waals surface area contributed by atoms with Crippen molar-refractivity contribution >= 4 is 11.7 Å². The van der Waals surface area contributed by atoms with Gasteiger partial charge in [0.2, 0.25) is 0 Å². The number of hydrogen-bond acceptors (Lipinski definition) is 3. The fraction of sp³-hybridized carbons (Fsp3) is 0.231. The fourth-order valence-electron chi connectivity index (χ4n) is 1.61. The lowest BCUT2D eigenvalue weighted by Gasteiger charge is -2.09. The summed E-state index contributed by atoms with van der Waals surface area (Å²) < 4.78 is 5.03. The highest BCUT2D eigenvalue weighted by Gasteiger charge is 2.05. The maximum atomic E-state index is 11.7. The van der Waals surface area contributed by atoms with Gasteiger partial charge in [-0.3, -0.25) is 0 Å². The first-order chi connectivity index (χ1) is 8.79. The third-order valence-corrected chi connectivity index (χ3v) is 2.55. The summed E-state index contributed by atoms with van der Waals surface area (Å²) in [5.41, 5.74) is 1.93. The van der Waals surface area contributed by atoms with Crippen molar-refractivity contribution in [3.8, 4) is 0 Å². The van der Waals surface area contributed by atoms with E-state index in [1.54, 1.807) is 6.20 Å². The Hall–Kier alpha value is -2.30. The molecule has 2 amide bonds. The van der Waals surface area contributed by atoms with E-state index in [1.165, 1.54) is 6.39 Å². The molecule has 0 saturated carbocycles. The molecule has 1 heterocycles. The molecule has 94 valence electrons. The van der Waals surface area contributed by atoms with E-state index in [0.717, 1.165) is 17.7 Å². The first-order valence-electron chi connectivity index (χ1n) is 5.79. The molecule has 0 saturated heterocycles. The lowest BCUT2D eigenvalue weighted by molar-refractivity contribution is 0.251. The molecule has 0 bridgehead atoms. The average molecular weight is 245 g/mol. The first-order valence-corrected chi connectivity index (χ1v) is 5.79. The van der Waals surface area contributed by atoms with Crippen LogP contribution in [0.2, 0.25) is 0 Å². The highest BCUT2D eigenvalue weighted by atomic mass is 16.3. The topological polar surface area (TPSA) is 67.2 Å². The van der Waals surface area contributed by atoms with Crippen LogP contribution in [-0.4, -0.2) is 11.0 Å². The van der Waals surface area contributed by atoms with Crippen LogP contribution >= 0.6 is 0 Å². The first kappa shape index (κ1) is 12.2. The number of aromatic nitrogens is 1. The summed E-state index contributed by atoms with van der Waals surface area (Å²) in [6.07, 6.45) is 3.78. The summed E-state index contributed by atoms with van der Waals surface area (Å²) >= 11 is 0. The molecule has 1 aromatic heterocycles. The number of nitrogens with one attached hydrogen (secondary N) is 2. The second kappa shape index (κ2) is 5.86. The van der Waals surface area contributed by atoms with Crippen LogP contribution in [0.3, 0.4) is 0 Å². The molecule has 18 heavy (non-hydrogen) atoms. The van der Waals surface area contributed by atoms with Crippen molar-refractivity contribution in [3.05, 3.63) is 48.2 Å². The summed E-state index contributed by atoms with van der Waals surface area (Å²) in [5, 5.41) is 5.51. The monoisotopic (exact) mass is 245 g/mol. The minimum Gasteiger partial charge on any atom is -0.447 e. The Morgan fingerprint density at radius 1 is 1.39 bits per heavy atom. The van der Waals surface area contributed by atoms with Gasteiger partial charge in [0.25, 0.3) is 0 Å². The van der Waals surface area contributed by atoms with E-state index in [-0.39, 0.29) is 6.03 Å². The van der Waals surface area contributed by atoms with E-state index in [2.05, 4.69) is 15.6 Å². The van der Waals surface area contributed by atoms with Crippen molar-refractivity contribution in [3.63, 3.8) is 0 Å². The van der Waals surface area contributed by atoms with Crippen molar-refractivity contribution in [1.29, 1.82) is 0 Å². The molecule has 0 aliphatic rings. The summed E-state index contributed by atoms with van der Waals surface area (Å²) in [6.45, 7) is 2.37. The summed E-state index contributed by atoms with van der Waals surface area (Å²) in [7, 11) is 0. The lowest BCUT2D eigenvalue weighted by Crippen LogP contribution is -2.28. The van der Waals surface area contributed by atoms with Crippen molar-refractivity contribution in [1.82, 2.24) is 10.3 Å². The second-order valence-electron chi connectivity index (χ2n) is 3.79. The molecule has 2 rings (SSSR count). The quantitative estimate of drug-likeness (QED) is 0.869. The number of anilines is 1. The van der Waals surface area contributed by atoms with Gasteiger partial charge in [-0.25, -0.2) is 9.78 Å². The number of hydrogen-bond donors (Lipinski definition) is 2. The van der Waals surface area contributed by atoms with E-state index < -0.39 is 0 Å². The zero-order chi connectivity index (χ0) is 12.8. The van der Waals surface area contributed by atoms with Gasteiger partial charge in [-0.2, -0.15) is 0 Å². The Morgan fingerprint density at radius 3 is 2.94 bits per heavy atom. The number of benzene rings is 1. The standard InChI is InChI=1S/C13H15N3O2/c1-2-10-5-3-4-6-12(10)16-13(17)15-8-11-7-14-9-18-11/h3-7,9H,2,8H2,1H3,(H2,15,16,17). The zero-order valence-electron chi connectivity index (χ0n) is 10.1. The van der Waals surface area contributed by atoms with Crippen LogP contribution in [0, 0.1) is 0 Å². The molecule has 0 spiro atoms. The van der Waals surface area contributed by atoms with Gasteiger partial charge in [0, 0.05) is 5.69 Å². The normalized spacial score (nSPS) is 10.1. The Balaban J connectivity index is 1.90. The van der Waals surface area contributed by atoms with Gasteiger partial charge in [-0.15, -0.1) is 0 Å². The van der Waals surface area contributed by atoms with Gasteiger partial charge in [0.1, 0.15) is 5.76 Å². The van der Waals surface area contributed by atoms with Gasteiger partial charge in [-0.05, 0) is 18.1 Å². The highest BCUT2D eigenvalue weighted by Crippen LogP contribution is 2.15. The third-order valence-electron chi connectivity index (χ3n) is 2.55. The number of aryl methyl sites for hydroxylation is 1. The van der Waals surface area contributed by atoms with Crippen LogP contribution in [0.5, 0.6) is 0 Å². The smallest absolute Gasteiger partial charge is 0.319 e. The van der Waals surface area contributed by atoms with Crippen LogP contribution in [0.25, 0.3) is 0 Å². The molecule has 0 radical (unpaired) electrons. The molecule has 0 unspecified atom stereocenters. The Labute approximate surface area is 105 Å². The minimum atomic E-state index is -0.257. The number of urea groups is 1. The third kappa shape index (κ3) is 3.10. The van der Waals surface area contributed by atoms with E-state index in [9.17, 15) is 4.79 Å². The maximum absolute atomic E-state index is 11.7. The highest BCUT2D eigenvalue weighted by molar-refractivity contribution is 5.89. The largest absolute Gasteiger partial charge is 0.447 e. The molecule has 5 heteroatoms. The fourth-order valence-corrected chi connectivity index (χ4v) is 1.61. The number of carbonyl (C=O) groups excluding carboxylic acids is 1. The molecule has 1 aromatic carbocycles. The predicted octanol–water partition coefficient (Wildman–Crippen LogP) is 2.56.